The minimum absolute atomic E-state index is 0. The lowest BCUT2D eigenvalue weighted by atomic mass is 10.0. The maximum Gasteiger partial charge on any atom is 0.245 e. The van der Waals surface area contributed by atoms with Gasteiger partial charge in [-0.05, 0) is 33.1 Å². The van der Waals surface area contributed by atoms with Gasteiger partial charge >= 0.3 is 0 Å². The van der Waals surface area contributed by atoms with E-state index >= 15 is 0 Å². The molecule has 20 heavy (non-hydrogen) atoms. The number of nitrogens with zero attached hydrogens (tertiary/aromatic N) is 1. The molecule has 3 unspecified atom stereocenters. The fourth-order valence-corrected chi connectivity index (χ4v) is 2.31. The monoisotopic (exact) mass is 307 g/mol. The molecule has 3 N–H and O–H groups in total. The topological polar surface area (TPSA) is 84.7 Å². The van der Waals surface area contributed by atoms with Gasteiger partial charge in [0.2, 0.25) is 11.8 Å². The highest BCUT2D eigenvalue weighted by Gasteiger charge is 2.28. The summed E-state index contributed by atoms with van der Waals surface area (Å²) >= 11 is 0. The summed E-state index contributed by atoms with van der Waals surface area (Å²) in [6.07, 6.45) is 3.21. The zero-order valence-electron chi connectivity index (χ0n) is 12.4. The molecule has 118 valence electrons. The molecule has 0 aromatic heterocycles. The van der Waals surface area contributed by atoms with Crippen molar-refractivity contribution < 1.29 is 14.3 Å². The van der Waals surface area contributed by atoms with Gasteiger partial charge in [-0.15, -0.1) is 12.4 Å². The summed E-state index contributed by atoms with van der Waals surface area (Å²) in [5.74, 6) is -0.391. The van der Waals surface area contributed by atoms with E-state index in [9.17, 15) is 9.59 Å². The molecule has 1 rings (SSSR count). The Kier molecular flexibility index (Phi) is 8.76. The Labute approximate surface area is 126 Å². The van der Waals surface area contributed by atoms with Gasteiger partial charge in [0.1, 0.15) is 12.1 Å². The van der Waals surface area contributed by atoms with E-state index in [-0.39, 0.29) is 36.9 Å². The van der Waals surface area contributed by atoms with Crippen LogP contribution in [-0.2, 0) is 14.3 Å². The van der Waals surface area contributed by atoms with Crippen LogP contribution in [0.1, 0.15) is 33.1 Å². The summed E-state index contributed by atoms with van der Waals surface area (Å²) in [6, 6.07) is -1.04. The molecule has 0 bridgehead atoms. The number of carbonyl (C=O) groups excluding carboxylic acids is 2. The van der Waals surface area contributed by atoms with Gasteiger partial charge in [0.25, 0.3) is 0 Å². The van der Waals surface area contributed by atoms with Crippen LogP contribution >= 0.6 is 12.4 Å². The van der Waals surface area contributed by atoms with Crippen LogP contribution in [0.2, 0.25) is 0 Å². The normalized spacial score (nSPS) is 21.6. The van der Waals surface area contributed by atoms with Crippen molar-refractivity contribution in [2.75, 3.05) is 20.3 Å². The highest BCUT2D eigenvalue weighted by molar-refractivity contribution is 5.89. The average molecular weight is 308 g/mol. The molecule has 7 heteroatoms. The third-order valence-corrected chi connectivity index (χ3v) is 3.50. The molecule has 0 aliphatic carbocycles. The fourth-order valence-electron chi connectivity index (χ4n) is 2.31. The summed E-state index contributed by atoms with van der Waals surface area (Å²) < 4.78 is 4.82. The summed E-state index contributed by atoms with van der Waals surface area (Å²) in [4.78, 5) is 25.8. The molecule has 0 saturated carbocycles. The number of nitrogens with one attached hydrogen (secondary N) is 1. The maximum atomic E-state index is 12.3. The minimum atomic E-state index is -0.737. The molecule has 1 heterocycles. The van der Waals surface area contributed by atoms with E-state index in [1.807, 2.05) is 11.8 Å². The molecule has 0 aromatic carbocycles. The predicted molar refractivity (Wildman–Crippen MR) is 79.7 cm³/mol. The van der Waals surface area contributed by atoms with Gasteiger partial charge in [0, 0.05) is 19.7 Å². The molecule has 0 aromatic rings. The second-order valence-corrected chi connectivity index (χ2v) is 5.17. The first-order valence-electron chi connectivity index (χ1n) is 6.82. The largest absolute Gasteiger partial charge is 0.383 e. The van der Waals surface area contributed by atoms with E-state index in [4.69, 9.17) is 10.5 Å². The SMILES string of the molecule is COCC(N)C(=O)NC(C)C(=O)N1CCCCC1C.Cl. The second kappa shape index (κ2) is 9.15. The second-order valence-electron chi connectivity index (χ2n) is 5.17. The van der Waals surface area contributed by atoms with Gasteiger partial charge in [-0.25, -0.2) is 0 Å². The molecule has 3 atom stereocenters. The number of nitrogens with two attached hydrogens (primary N) is 1. The number of ether oxygens (including phenoxy) is 1. The van der Waals surface area contributed by atoms with Crippen LogP contribution in [0, 0.1) is 0 Å². The van der Waals surface area contributed by atoms with Gasteiger partial charge < -0.3 is 20.7 Å². The van der Waals surface area contributed by atoms with E-state index in [2.05, 4.69) is 5.32 Å². The predicted octanol–water partition coefficient (Wildman–Crippen LogP) is 0.288. The number of amides is 2. The third-order valence-electron chi connectivity index (χ3n) is 3.50. The molecule has 1 aliphatic heterocycles. The number of likely N-dealkylation sites (tertiary alicyclic amines) is 1. The Morgan fingerprint density at radius 3 is 2.65 bits per heavy atom. The first-order chi connectivity index (χ1) is 8.97. The quantitative estimate of drug-likeness (QED) is 0.764. The zero-order valence-corrected chi connectivity index (χ0v) is 13.2. The van der Waals surface area contributed by atoms with Gasteiger partial charge in [-0.2, -0.15) is 0 Å². The van der Waals surface area contributed by atoms with Crippen molar-refractivity contribution in [2.45, 2.75) is 51.2 Å². The first-order valence-corrected chi connectivity index (χ1v) is 6.82. The molecule has 2 amide bonds. The van der Waals surface area contributed by atoms with Gasteiger partial charge in [-0.3, -0.25) is 9.59 Å². The minimum Gasteiger partial charge on any atom is -0.383 e. The average Bonchev–Trinajstić information content (AvgIpc) is 2.38. The first kappa shape index (κ1) is 19.1. The Morgan fingerprint density at radius 2 is 2.10 bits per heavy atom. The number of rotatable bonds is 5. The van der Waals surface area contributed by atoms with Crippen molar-refractivity contribution in [3.63, 3.8) is 0 Å². The van der Waals surface area contributed by atoms with Crippen molar-refractivity contribution in [3.05, 3.63) is 0 Å². The van der Waals surface area contributed by atoms with Crippen LogP contribution in [0.3, 0.4) is 0 Å². The number of hydrogen-bond acceptors (Lipinski definition) is 4. The van der Waals surface area contributed by atoms with Crippen LogP contribution in [0.4, 0.5) is 0 Å². The number of halogens is 1. The highest BCUT2D eigenvalue weighted by Crippen LogP contribution is 2.17. The fraction of sp³-hybridized carbons (Fsp3) is 0.846. The Morgan fingerprint density at radius 1 is 1.45 bits per heavy atom. The van der Waals surface area contributed by atoms with Crippen LogP contribution in [0.15, 0.2) is 0 Å². The molecule has 1 aliphatic rings. The van der Waals surface area contributed by atoms with E-state index < -0.39 is 12.1 Å². The van der Waals surface area contributed by atoms with E-state index in [1.54, 1.807) is 6.92 Å². The lowest BCUT2D eigenvalue weighted by Crippen LogP contribution is -2.54. The van der Waals surface area contributed by atoms with Crippen molar-refractivity contribution in [1.82, 2.24) is 10.2 Å². The lowest BCUT2D eigenvalue weighted by molar-refractivity contribution is -0.139. The van der Waals surface area contributed by atoms with Crippen LogP contribution in [0.25, 0.3) is 0 Å². The standard InChI is InChI=1S/C13H25N3O3.ClH/c1-9-6-4-5-7-16(9)13(18)10(2)15-12(17)11(14)8-19-3;/h9-11H,4-8,14H2,1-3H3,(H,15,17);1H. The number of hydrogen-bond donors (Lipinski definition) is 2. The summed E-state index contributed by atoms with van der Waals surface area (Å²) in [5, 5.41) is 2.65. The molecular weight excluding hydrogens is 282 g/mol. The van der Waals surface area contributed by atoms with Gasteiger partial charge in [0.05, 0.1) is 6.61 Å². The maximum absolute atomic E-state index is 12.3. The molecule has 1 fully saturated rings. The van der Waals surface area contributed by atoms with Crippen molar-refractivity contribution in [2.24, 2.45) is 5.73 Å². The van der Waals surface area contributed by atoms with Crippen LogP contribution in [0.5, 0.6) is 0 Å². The zero-order chi connectivity index (χ0) is 14.4. The van der Waals surface area contributed by atoms with E-state index in [0.29, 0.717) is 0 Å². The number of methoxy groups -OCH3 is 1. The summed E-state index contributed by atoms with van der Waals surface area (Å²) in [5.41, 5.74) is 5.62. The Hall–Kier alpha value is -0.850. The summed E-state index contributed by atoms with van der Waals surface area (Å²) in [6.45, 7) is 4.65. The van der Waals surface area contributed by atoms with Crippen LogP contribution < -0.4 is 11.1 Å². The van der Waals surface area contributed by atoms with E-state index in [1.165, 1.54) is 7.11 Å². The summed E-state index contributed by atoms with van der Waals surface area (Å²) in [7, 11) is 1.48. The molecule has 0 radical (unpaired) electrons. The molecular formula is C13H26ClN3O3. The Balaban J connectivity index is 0.00000361. The van der Waals surface area contributed by atoms with E-state index in [0.717, 1.165) is 25.8 Å². The molecule has 6 nitrogen and oxygen atoms in total. The molecule has 0 spiro atoms. The third kappa shape index (κ3) is 5.26. The van der Waals surface area contributed by atoms with Gasteiger partial charge in [0.15, 0.2) is 0 Å². The number of piperidine rings is 1. The number of carbonyl (C=O) groups is 2. The van der Waals surface area contributed by atoms with Gasteiger partial charge in [-0.1, -0.05) is 0 Å². The van der Waals surface area contributed by atoms with Crippen molar-refractivity contribution in [3.8, 4) is 0 Å². The molecule has 1 saturated heterocycles. The van der Waals surface area contributed by atoms with Crippen molar-refractivity contribution in [1.29, 1.82) is 0 Å². The smallest absolute Gasteiger partial charge is 0.245 e. The highest BCUT2D eigenvalue weighted by atomic mass is 35.5. The lowest BCUT2D eigenvalue weighted by Gasteiger charge is -2.35. The Bertz CT molecular complexity index is 328. The van der Waals surface area contributed by atoms with Crippen LogP contribution in [-0.4, -0.2) is 55.1 Å². The van der Waals surface area contributed by atoms with Crippen molar-refractivity contribution >= 4 is 24.2 Å².